The zero-order chi connectivity index (χ0) is 17.4. The van der Waals surface area contributed by atoms with Crippen molar-refractivity contribution in [2.45, 2.75) is 11.8 Å². The van der Waals surface area contributed by atoms with Crippen molar-refractivity contribution in [1.82, 2.24) is 5.01 Å². The fraction of sp³-hybridized carbons (Fsp3) is 0.357. The molecule has 9 heteroatoms. The fourth-order valence-corrected chi connectivity index (χ4v) is 2.91. The Kier molecular flexibility index (Phi) is 4.27. The third-order valence-corrected chi connectivity index (χ3v) is 4.74. The SMILES string of the molecule is CC1(CO)C(=O)N(CC(=O)O)N=C1c1ccc(S(C)(=O)=O)cc1. The summed E-state index contributed by atoms with van der Waals surface area (Å²) in [7, 11) is -3.36. The van der Waals surface area contributed by atoms with Crippen LogP contribution in [-0.4, -0.2) is 60.6 Å². The number of carboxylic acid groups (broad SMARTS) is 1. The highest BCUT2D eigenvalue weighted by Crippen LogP contribution is 2.32. The lowest BCUT2D eigenvalue weighted by Crippen LogP contribution is -2.41. The molecule has 8 nitrogen and oxygen atoms in total. The maximum Gasteiger partial charge on any atom is 0.325 e. The van der Waals surface area contributed by atoms with E-state index in [1.54, 1.807) is 0 Å². The van der Waals surface area contributed by atoms with Crippen molar-refractivity contribution in [2.24, 2.45) is 10.5 Å². The topological polar surface area (TPSA) is 124 Å². The zero-order valence-corrected chi connectivity index (χ0v) is 13.4. The first kappa shape index (κ1) is 17.1. The zero-order valence-electron chi connectivity index (χ0n) is 12.6. The number of hydrogen-bond donors (Lipinski definition) is 2. The Morgan fingerprint density at radius 2 is 1.87 bits per heavy atom. The molecule has 2 N–H and O–H groups in total. The molecule has 0 radical (unpaired) electrons. The van der Waals surface area contributed by atoms with Crippen molar-refractivity contribution in [3.8, 4) is 0 Å². The van der Waals surface area contributed by atoms with Crippen LogP contribution in [0.1, 0.15) is 12.5 Å². The first-order valence-electron chi connectivity index (χ1n) is 6.64. The van der Waals surface area contributed by atoms with Crippen LogP contribution in [0.4, 0.5) is 0 Å². The van der Waals surface area contributed by atoms with Gasteiger partial charge in [0.1, 0.15) is 12.0 Å². The first-order valence-corrected chi connectivity index (χ1v) is 8.53. The fourth-order valence-electron chi connectivity index (χ4n) is 2.28. The summed E-state index contributed by atoms with van der Waals surface area (Å²) in [6.07, 6.45) is 1.07. The third-order valence-electron chi connectivity index (χ3n) is 3.61. The number of hydrazone groups is 1. The largest absolute Gasteiger partial charge is 0.480 e. The number of rotatable bonds is 5. The van der Waals surface area contributed by atoms with Crippen LogP contribution in [-0.2, 0) is 19.4 Å². The van der Waals surface area contributed by atoms with E-state index in [1.165, 1.54) is 31.2 Å². The second kappa shape index (κ2) is 5.74. The Balaban J connectivity index is 2.46. The Hall–Kier alpha value is -2.26. The van der Waals surface area contributed by atoms with Crippen LogP contribution in [0.5, 0.6) is 0 Å². The van der Waals surface area contributed by atoms with Crippen molar-refractivity contribution in [1.29, 1.82) is 0 Å². The molecule has 1 amide bonds. The number of aliphatic carboxylic acids is 1. The minimum absolute atomic E-state index is 0.110. The molecule has 0 aromatic heterocycles. The number of hydrogen-bond acceptors (Lipinski definition) is 6. The van der Waals surface area contributed by atoms with Crippen LogP contribution >= 0.6 is 0 Å². The second-order valence-corrected chi connectivity index (χ2v) is 7.51. The molecule has 1 atom stereocenters. The smallest absolute Gasteiger partial charge is 0.325 e. The lowest BCUT2D eigenvalue weighted by atomic mass is 9.82. The summed E-state index contributed by atoms with van der Waals surface area (Å²) in [6.45, 7) is 0.300. The molecule has 1 aliphatic heterocycles. The number of carboxylic acids is 1. The van der Waals surface area contributed by atoms with Gasteiger partial charge in [-0.3, -0.25) is 9.59 Å². The quantitative estimate of drug-likeness (QED) is 0.759. The van der Waals surface area contributed by atoms with Crippen LogP contribution in [0, 0.1) is 5.41 Å². The lowest BCUT2D eigenvalue weighted by Gasteiger charge is -2.21. The normalized spacial score (nSPS) is 21.4. The van der Waals surface area contributed by atoms with Crippen molar-refractivity contribution < 1.29 is 28.2 Å². The molecule has 1 aromatic rings. The van der Waals surface area contributed by atoms with Crippen molar-refractivity contribution in [2.75, 3.05) is 19.4 Å². The van der Waals surface area contributed by atoms with Crippen LogP contribution in [0.3, 0.4) is 0 Å². The standard InChI is InChI=1S/C14H16N2O6S/c1-14(8-17)12(15-16(13(14)20)7-11(18)19)9-3-5-10(6-4-9)23(2,21)22/h3-6,17H,7-8H2,1-2H3,(H,18,19). The van der Waals surface area contributed by atoms with E-state index in [9.17, 15) is 23.1 Å². The van der Waals surface area contributed by atoms with Crippen molar-refractivity contribution >= 4 is 27.4 Å². The molecule has 1 heterocycles. The maximum absolute atomic E-state index is 12.3. The molecule has 0 saturated heterocycles. The molecule has 1 aliphatic rings. The van der Waals surface area contributed by atoms with Crippen molar-refractivity contribution in [3.63, 3.8) is 0 Å². The third kappa shape index (κ3) is 3.10. The van der Waals surface area contributed by atoms with Gasteiger partial charge in [-0.1, -0.05) is 12.1 Å². The van der Waals surface area contributed by atoms with Gasteiger partial charge < -0.3 is 10.2 Å². The monoisotopic (exact) mass is 340 g/mol. The van der Waals surface area contributed by atoms with Gasteiger partial charge in [0.05, 0.1) is 17.2 Å². The summed E-state index contributed by atoms with van der Waals surface area (Å²) in [6, 6.07) is 5.69. The van der Waals surface area contributed by atoms with Gasteiger partial charge in [-0.15, -0.1) is 0 Å². The van der Waals surface area contributed by atoms with Crippen molar-refractivity contribution in [3.05, 3.63) is 29.8 Å². The van der Waals surface area contributed by atoms with E-state index in [2.05, 4.69) is 5.10 Å². The summed E-state index contributed by atoms with van der Waals surface area (Å²) in [4.78, 5) is 23.2. The van der Waals surface area contributed by atoms with Gasteiger partial charge in [0.2, 0.25) is 0 Å². The summed E-state index contributed by atoms with van der Waals surface area (Å²) in [5.41, 5.74) is -0.733. The predicted octanol–water partition coefficient (Wildman–Crippen LogP) is -0.280. The molecule has 1 unspecified atom stereocenters. The van der Waals surface area contributed by atoms with Gasteiger partial charge in [-0.2, -0.15) is 5.10 Å². The van der Waals surface area contributed by atoms with Gasteiger partial charge in [0, 0.05) is 6.26 Å². The summed E-state index contributed by atoms with van der Waals surface area (Å²) < 4.78 is 23.0. The molecule has 0 saturated carbocycles. The maximum atomic E-state index is 12.3. The molecular weight excluding hydrogens is 324 g/mol. The van der Waals surface area contributed by atoms with E-state index >= 15 is 0 Å². The highest BCUT2D eigenvalue weighted by atomic mass is 32.2. The van der Waals surface area contributed by atoms with E-state index in [1.807, 2.05) is 0 Å². The number of aliphatic hydroxyl groups is 1. The number of aliphatic hydroxyl groups excluding tert-OH is 1. The molecule has 0 fully saturated rings. The molecule has 23 heavy (non-hydrogen) atoms. The summed E-state index contributed by atoms with van der Waals surface area (Å²) in [5.74, 6) is -1.85. The van der Waals surface area contributed by atoms with Gasteiger partial charge in [-0.25, -0.2) is 13.4 Å². The van der Waals surface area contributed by atoms with Crippen LogP contribution in [0.25, 0.3) is 0 Å². The summed E-state index contributed by atoms with van der Waals surface area (Å²) >= 11 is 0. The lowest BCUT2D eigenvalue weighted by molar-refractivity contribution is -0.146. The van der Waals surface area contributed by atoms with Gasteiger partial charge >= 0.3 is 5.97 Å². The van der Waals surface area contributed by atoms with E-state index < -0.39 is 40.3 Å². The van der Waals surface area contributed by atoms with E-state index in [0.29, 0.717) is 5.56 Å². The number of carbonyl (C=O) groups excluding carboxylic acids is 1. The van der Waals surface area contributed by atoms with Gasteiger partial charge in [0.15, 0.2) is 9.84 Å². The number of nitrogens with zero attached hydrogens (tertiary/aromatic N) is 2. The van der Waals surface area contributed by atoms with E-state index in [-0.39, 0.29) is 10.6 Å². The minimum Gasteiger partial charge on any atom is -0.480 e. The Bertz CT molecular complexity index is 784. The van der Waals surface area contributed by atoms with E-state index in [0.717, 1.165) is 11.3 Å². The van der Waals surface area contributed by atoms with Crippen LogP contribution in [0.2, 0.25) is 0 Å². The van der Waals surface area contributed by atoms with Gasteiger partial charge in [-0.05, 0) is 24.6 Å². The Morgan fingerprint density at radius 1 is 1.30 bits per heavy atom. The second-order valence-electron chi connectivity index (χ2n) is 5.49. The molecule has 2 rings (SSSR count). The molecule has 0 aliphatic carbocycles. The molecule has 124 valence electrons. The highest BCUT2D eigenvalue weighted by molar-refractivity contribution is 7.90. The Morgan fingerprint density at radius 3 is 2.30 bits per heavy atom. The number of carbonyl (C=O) groups is 2. The molecule has 0 spiro atoms. The average Bonchev–Trinajstić information content (AvgIpc) is 2.71. The van der Waals surface area contributed by atoms with Gasteiger partial charge in [0.25, 0.3) is 5.91 Å². The molecular formula is C14H16N2O6S. The predicted molar refractivity (Wildman–Crippen MR) is 80.6 cm³/mol. The number of benzene rings is 1. The summed E-state index contributed by atoms with van der Waals surface area (Å²) in [5, 5.41) is 23.2. The first-order chi connectivity index (χ1) is 10.6. The van der Waals surface area contributed by atoms with E-state index in [4.69, 9.17) is 5.11 Å². The average molecular weight is 340 g/mol. The highest BCUT2D eigenvalue weighted by Gasteiger charge is 2.47. The minimum atomic E-state index is -3.36. The molecule has 1 aromatic carbocycles. The number of amides is 1. The molecule has 0 bridgehead atoms. The van der Waals surface area contributed by atoms with Crippen LogP contribution < -0.4 is 0 Å². The Labute approximate surface area is 133 Å². The number of sulfone groups is 1. The van der Waals surface area contributed by atoms with Crippen LogP contribution in [0.15, 0.2) is 34.3 Å².